The highest BCUT2D eigenvalue weighted by atomic mass is 15.3. The third-order valence-corrected chi connectivity index (χ3v) is 0.777. The Morgan fingerprint density at radius 2 is 2.62 bits per heavy atom. The van der Waals surface area contributed by atoms with E-state index in [-0.39, 0.29) is 6.29 Å². The first kappa shape index (κ1) is 4.96. The fraction of sp³-hybridized carbons (Fsp3) is 0.250. The van der Waals surface area contributed by atoms with Gasteiger partial charge in [0.2, 0.25) is 6.29 Å². The Kier molecular flexibility index (Phi) is 1.37. The smallest absolute Gasteiger partial charge is 0.232 e. The number of hydrogen-bond acceptors (Lipinski definition) is 4. The normalized spacial score (nSPS) is 24.8. The van der Waals surface area contributed by atoms with Crippen LogP contribution < -0.4 is 5.32 Å². The van der Waals surface area contributed by atoms with E-state index in [0.717, 1.165) is 0 Å². The van der Waals surface area contributed by atoms with E-state index in [0.29, 0.717) is 0 Å². The minimum Gasteiger partial charge on any atom is -0.350 e. The molecule has 4 nitrogen and oxygen atoms in total. The van der Waals surface area contributed by atoms with Gasteiger partial charge >= 0.3 is 0 Å². The van der Waals surface area contributed by atoms with Crippen LogP contribution in [0.3, 0.4) is 0 Å². The van der Waals surface area contributed by atoms with Gasteiger partial charge in [0.05, 0.1) is 0 Å². The van der Waals surface area contributed by atoms with Gasteiger partial charge in [-0.05, 0) is 6.08 Å². The Bertz CT molecular complexity index is 137. The van der Waals surface area contributed by atoms with Crippen LogP contribution in [0.5, 0.6) is 0 Å². The molecule has 0 aromatic heterocycles. The highest BCUT2D eigenvalue weighted by Crippen LogP contribution is 1.89. The topological polar surface area (TPSA) is 60.6 Å². The number of nitrogens with one attached hydrogen (secondary N) is 2. The molecule has 2 N–H and O–H groups in total. The predicted molar refractivity (Wildman–Crippen MR) is 29.7 cm³/mol. The molecule has 0 saturated heterocycles. The molecule has 0 amide bonds. The van der Waals surface area contributed by atoms with Gasteiger partial charge in [-0.3, -0.25) is 0 Å². The van der Waals surface area contributed by atoms with E-state index in [4.69, 9.17) is 5.53 Å². The molecule has 1 atom stereocenters. The van der Waals surface area contributed by atoms with Gasteiger partial charge in [0.1, 0.15) is 0 Å². The summed E-state index contributed by atoms with van der Waals surface area (Å²) in [4.78, 5) is 3.77. The second kappa shape index (κ2) is 2.20. The standard InChI is InChI=1S/C4H6N4/c5-8-4-6-2-1-3-7-4/h1-6H. The minimum atomic E-state index is -0.389. The molecule has 1 rings (SSSR count). The summed E-state index contributed by atoms with van der Waals surface area (Å²) in [5, 5.41) is 5.87. The fourth-order valence-electron chi connectivity index (χ4n) is 0.430. The van der Waals surface area contributed by atoms with Crippen LogP contribution in [0, 0.1) is 5.53 Å². The lowest BCUT2D eigenvalue weighted by Gasteiger charge is -2.05. The lowest BCUT2D eigenvalue weighted by Crippen LogP contribution is -2.20. The Morgan fingerprint density at radius 3 is 3.00 bits per heavy atom. The van der Waals surface area contributed by atoms with Gasteiger partial charge in [0.15, 0.2) is 0 Å². The highest BCUT2D eigenvalue weighted by molar-refractivity contribution is 5.71. The molecule has 4 heteroatoms. The van der Waals surface area contributed by atoms with Crippen molar-refractivity contribution in [2.75, 3.05) is 0 Å². The largest absolute Gasteiger partial charge is 0.350 e. The maximum absolute atomic E-state index is 6.51. The predicted octanol–water partition coefficient (Wildman–Crippen LogP) is 0.489. The Hall–Kier alpha value is -1.19. The maximum atomic E-state index is 6.51. The SMILES string of the molecule is N=NC1N=CC=CN1. The van der Waals surface area contributed by atoms with E-state index in [1.165, 1.54) is 0 Å². The van der Waals surface area contributed by atoms with Gasteiger partial charge in [0.25, 0.3) is 0 Å². The number of rotatable bonds is 1. The van der Waals surface area contributed by atoms with Crippen molar-refractivity contribution in [3.05, 3.63) is 12.3 Å². The zero-order valence-electron chi connectivity index (χ0n) is 4.20. The number of hydrogen-bond donors (Lipinski definition) is 2. The molecular weight excluding hydrogens is 104 g/mol. The van der Waals surface area contributed by atoms with Crippen LogP contribution in [0.15, 0.2) is 22.4 Å². The molecule has 1 aliphatic rings. The Balaban J connectivity index is 2.51. The van der Waals surface area contributed by atoms with Crippen LogP contribution in [-0.4, -0.2) is 12.5 Å². The summed E-state index contributed by atoms with van der Waals surface area (Å²) in [6, 6.07) is 0. The lowest BCUT2D eigenvalue weighted by molar-refractivity contribution is 0.595. The summed E-state index contributed by atoms with van der Waals surface area (Å²) in [6.07, 6.45) is 4.68. The van der Waals surface area contributed by atoms with Crippen molar-refractivity contribution in [3.63, 3.8) is 0 Å². The van der Waals surface area contributed by atoms with Crippen molar-refractivity contribution in [1.82, 2.24) is 5.32 Å². The average Bonchev–Trinajstić information content (AvgIpc) is 1.90. The molecule has 0 aromatic carbocycles. The molecule has 1 unspecified atom stereocenters. The minimum absolute atomic E-state index is 0.389. The van der Waals surface area contributed by atoms with Crippen LogP contribution >= 0.6 is 0 Å². The zero-order valence-corrected chi connectivity index (χ0v) is 4.20. The molecule has 8 heavy (non-hydrogen) atoms. The second-order valence-corrected chi connectivity index (χ2v) is 1.33. The zero-order chi connectivity index (χ0) is 5.82. The number of aliphatic imine (C=N–C) groups is 1. The number of nitrogens with zero attached hydrogens (tertiary/aromatic N) is 2. The molecule has 1 aliphatic heterocycles. The van der Waals surface area contributed by atoms with Gasteiger partial charge in [-0.1, -0.05) is 0 Å². The van der Waals surface area contributed by atoms with Crippen molar-refractivity contribution in [1.29, 1.82) is 5.53 Å². The van der Waals surface area contributed by atoms with Crippen molar-refractivity contribution < 1.29 is 0 Å². The number of allylic oxidation sites excluding steroid dienone is 1. The average molecular weight is 110 g/mol. The lowest BCUT2D eigenvalue weighted by atomic mass is 10.6. The third-order valence-electron chi connectivity index (χ3n) is 0.777. The molecule has 0 aliphatic carbocycles. The van der Waals surface area contributed by atoms with Crippen LogP contribution in [0.1, 0.15) is 0 Å². The van der Waals surface area contributed by atoms with Gasteiger partial charge in [-0.25, -0.2) is 10.5 Å². The Labute approximate surface area is 46.8 Å². The van der Waals surface area contributed by atoms with Crippen LogP contribution in [0.4, 0.5) is 0 Å². The van der Waals surface area contributed by atoms with Crippen molar-refractivity contribution in [2.24, 2.45) is 10.1 Å². The summed E-state index contributed by atoms with van der Waals surface area (Å²) >= 11 is 0. The van der Waals surface area contributed by atoms with Crippen LogP contribution in [0.25, 0.3) is 0 Å². The Morgan fingerprint density at radius 1 is 1.75 bits per heavy atom. The summed E-state index contributed by atoms with van der Waals surface area (Å²) in [6.45, 7) is 0. The first-order valence-corrected chi connectivity index (χ1v) is 2.24. The third kappa shape index (κ3) is 0.900. The van der Waals surface area contributed by atoms with E-state index < -0.39 is 0 Å². The summed E-state index contributed by atoms with van der Waals surface area (Å²) in [5.41, 5.74) is 6.51. The first-order chi connectivity index (χ1) is 3.93. The molecular formula is C4H6N4. The molecule has 0 fully saturated rings. The highest BCUT2D eigenvalue weighted by Gasteiger charge is 1.97. The molecule has 42 valence electrons. The van der Waals surface area contributed by atoms with Crippen molar-refractivity contribution in [3.8, 4) is 0 Å². The van der Waals surface area contributed by atoms with E-state index in [1.807, 2.05) is 0 Å². The fourth-order valence-corrected chi connectivity index (χ4v) is 0.430. The van der Waals surface area contributed by atoms with Crippen LogP contribution in [0.2, 0.25) is 0 Å². The van der Waals surface area contributed by atoms with Gasteiger partial charge in [0, 0.05) is 12.4 Å². The van der Waals surface area contributed by atoms with E-state index in [2.05, 4.69) is 15.4 Å². The van der Waals surface area contributed by atoms with Crippen molar-refractivity contribution in [2.45, 2.75) is 6.29 Å². The summed E-state index contributed by atoms with van der Waals surface area (Å²) < 4.78 is 0. The molecule has 0 radical (unpaired) electrons. The molecule has 0 saturated carbocycles. The van der Waals surface area contributed by atoms with Crippen LogP contribution in [-0.2, 0) is 0 Å². The van der Waals surface area contributed by atoms with E-state index >= 15 is 0 Å². The van der Waals surface area contributed by atoms with E-state index in [9.17, 15) is 0 Å². The molecule has 0 spiro atoms. The van der Waals surface area contributed by atoms with Gasteiger partial charge in [-0.2, -0.15) is 0 Å². The molecule has 1 heterocycles. The quantitative estimate of drug-likeness (QED) is 0.474. The molecule has 0 bridgehead atoms. The van der Waals surface area contributed by atoms with Gasteiger partial charge < -0.3 is 5.32 Å². The maximum Gasteiger partial charge on any atom is 0.232 e. The summed E-state index contributed by atoms with van der Waals surface area (Å²) in [7, 11) is 0. The monoisotopic (exact) mass is 110 g/mol. The van der Waals surface area contributed by atoms with Gasteiger partial charge in [-0.15, -0.1) is 5.11 Å². The van der Waals surface area contributed by atoms with E-state index in [1.54, 1.807) is 18.5 Å². The summed E-state index contributed by atoms with van der Waals surface area (Å²) in [5.74, 6) is 0. The van der Waals surface area contributed by atoms with Crippen molar-refractivity contribution >= 4 is 6.21 Å². The first-order valence-electron chi connectivity index (χ1n) is 2.24. The second-order valence-electron chi connectivity index (χ2n) is 1.33. The molecule has 0 aromatic rings.